The molecule has 1 aromatic carbocycles. The van der Waals surface area contributed by atoms with Crippen molar-refractivity contribution in [3.63, 3.8) is 0 Å². The van der Waals surface area contributed by atoms with Gasteiger partial charge in [-0.15, -0.1) is 0 Å². The highest BCUT2D eigenvalue weighted by atomic mass is 35.5. The van der Waals surface area contributed by atoms with E-state index in [0.717, 1.165) is 5.69 Å². The first-order chi connectivity index (χ1) is 7.54. The smallest absolute Gasteiger partial charge is 0.202 e. The molecule has 6 heteroatoms. The molecule has 1 aromatic rings. The van der Waals surface area contributed by atoms with Crippen molar-refractivity contribution in [2.24, 2.45) is 5.73 Å². The lowest BCUT2D eigenvalue weighted by Crippen LogP contribution is -2.46. The predicted octanol–water partition coefficient (Wildman–Crippen LogP) is 1.58. The van der Waals surface area contributed by atoms with E-state index >= 15 is 0 Å². The number of guanidine groups is 2. The third kappa shape index (κ3) is 3.13. The summed E-state index contributed by atoms with van der Waals surface area (Å²) >= 11 is 5.78. The van der Waals surface area contributed by atoms with Gasteiger partial charge in [-0.2, -0.15) is 0 Å². The average molecular weight is 240 g/mol. The Labute approximate surface area is 99.2 Å². The van der Waals surface area contributed by atoms with Gasteiger partial charge in [-0.05, 0) is 31.2 Å². The van der Waals surface area contributed by atoms with Crippen molar-refractivity contribution in [2.45, 2.75) is 6.92 Å². The second-order valence-corrected chi connectivity index (χ2v) is 3.54. The second-order valence-electron chi connectivity index (χ2n) is 3.11. The van der Waals surface area contributed by atoms with Crippen LogP contribution in [0.3, 0.4) is 0 Å². The molecule has 0 aliphatic rings. The molecule has 0 fully saturated rings. The maximum atomic E-state index is 7.73. The number of nitrogens with two attached hydrogens (primary N) is 1. The highest BCUT2D eigenvalue weighted by Gasteiger charge is 2.10. The number of nitrogens with one attached hydrogen (secondary N) is 3. The van der Waals surface area contributed by atoms with Crippen LogP contribution in [-0.4, -0.2) is 18.5 Å². The Bertz CT molecular complexity index is 387. The summed E-state index contributed by atoms with van der Waals surface area (Å²) < 4.78 is 0. The van der Waals surface area contributed by atoms with Gasteiger partial charge in [-0.1, -0.05) is 11.6 Å². The summed E-state index contributed by atoms with van der Waals surface area (Å²) in [5.41, 5.74) is 6.00. The average Bonchev–Trinajstić information content (AvgIpc) is 2.21. The third-order valence-electron chi connectivity index (χ3n) is 1.98. The fraction of sp³-hybridized carbons (Fsp3) is 0.200. The van der Waals surface area contributed by atoms with Crippen LogP contribution in [0.25, 0.3) is 0 Å². The summed E-state index contributed by atoms with van der Waals surface area (Å²) in [6, 6.07) is 7.12. The minimum atomic E-state index is -0.252. The first-order valence-corrected chi connectivity index (χ1v) is 5.15. The van der Waals surface area contributed by atoms with Crippen LogP contribution >= 0.6 is 11.6 Å². The Morgan fingerprint density at radius 3 is 2.38 bits per heavy atom. The summed E-state index contributed by atoms with van der Waals surface area (Å²) in [7, 11) is 0. The van der Waals surface area contributed by atoms with Gasteiger partial charge in [0, 0.05) is 17.3 Å². The number of nitrogens with zero attached hydrogens (tertiary/aromatic N) is 1. The molecule has 0 saturated heterocycles. The molecule has 0 spiro atoms. The highest BCUT2D eigenvalue weighted by Crippen LogP contribution is 2.17. The van der Waals surface area contributed by atoms with E-state index in [9.17, 15) is 0 Å². The van der Waals surface area contributed by atoms with Crippen LogP contribution in [0, 0.1) is 10.8 Å². The molecule has 0 radical (unpaired) electrons. The third-order valence-corrected chi connectivity index (χ3v) is 2.23. The Balaban J connectivity index is 2.85. The van der Waals surface area contributed by atoms with Crippen LogP contribution in [0.2, 0.25) is 5.02 Å². The summed E-state index contributed by atoms with van der Waals surface area (Å²) in [4.78, 5) is 1.68. The molecule has 0 saturated carbocycles. The van der Waals surface area contributed by atoms with Crippen LogP contribution in [0.4, 0.5) is 5.69 Å². The van der Waals surface area contributed by atoms with E-state index in [1.54, 1.807) is 17.0 Å². The van der Waals surface area contributed by atoms with Crippen LogP contribution in [-0.2, 0) is 0 Å². The van der Waals surface area contributed by atoms with E-state index in [1.807, 2.05) is 19.1 Å². The first kappa shape index (κ1) is 12.3. The molecule has 86 valence electrons. The first-order valence-electron chi connectivity index (χ1n) is 4.77. The maximum absolute atomic E-state index is 7.73. The Morgan fingerprint density at radius 1 is 1.38 bits per heavy atom. The molecule has 0 bridgehead atoms. The van der Waals surface area contributed by atoms with Gasteiger partial charge in [0.1, 0.15) is 0 Å². The number of anilines is 1. The van der Waals surface area contributed by atoms with Gasteiger partial charge < -0.3 is 10.6 Å². The summed E-state index contributed by atoms with van der Waals surface area (Å²) in [6.45, 7) is 2.51. The molecular weight excluding hydrogens is 226 g/mol. The molecule has 0 aliphatic carbocycles. The van der Waals surface area contributed by atoms with Crippen molar-refractivity contribution in [3.8, 4) is 0 Å². The lowest BCUT2D eigenvalue weighted by molar-refractivity contribution is 1.00. The molecule has 0 amide bonds. The standard InChI is InChI=1S/C10H14ClN5/c1-2-16(10(14)15-9(12)13)8-5-3-7(11)4-6-8/h3-6H,2H2,1H3,(H5,12,13,14,15). The summed E-state index contributed by atoms with van der Waals surface area (Å²) in [5, 5.41) is 17.9. The molecule has 5 N–H and O–H groups in total. The van der Waals surface area contributed by atoms with Crippen molar-refractivity contribution in [1.82, 2.24) is 5.32 Å². The van der Waals surface area contributed by atoms with Crippen LogP contribution in [0.15, 0.2) is 24.3 Å². The van der Waals surface area contributed by atoms with E-state index in [1.165, 1.54) is 0 Å². The molecule has 0 atom stereocenters. The van der Waals surface area contributed by atoms with E-state index < -0.39 is 0 Å². The minimum absolute atomic E-state index is 0.0670. The molecule has 0 aliphatic heterocycles. The van der Waals surface area contributed by atoms with Crippen molar-refractivity contribution < 1.29 is 0 Å². The van der Waals surface area contributed by atoms with Crippen LogP contribution in [0.1, 0.15) is 6.92 Å². The van der Waals surface area contributed by atoms with Gasteiger partial charge in [-0.25, -0.2) is 0 Å². The zero-order valence-electron chi connectivity index (χ0n) is 8.92. The Hall–Kier alpha value is -1.75. The van der Waals surface area contributed by atoms with Crippen molar-refractivity contribution in [2.75, 3.05) is 11.4 Å². The molecule has 1 rings (SSSR count). The number of rotatable bonds is 2. The predicted molar refractivity (Wildman–Crippen MR) is 67.2 cm³/mol. The molecule has 0 heterocycles. The van der Waals surface area contributed by atoms with Gasteiger partial charge in [0.15, 0.2) is 5.96 Å². The van der Waals surface area contributed by atoms with E-state index in [2.05, 4.69) is 5.32 Å². The number of halogens is 1. The highest BCUT2D eigenvalue weighted by molar-refractivity contribution is 6.30. The number of hydrogen-bond donors (Lipinski definition) is 4. The van der Waals surface area contributed by atoms with E-state index in [4.69, 9.17) is 28.2 Å². The van der Waals surface area contributed by atoms with Gasteiger partial charge in [-0.3, -0.25) is 16.1 Å². The molecule has 5 nitrogen and oxygen atoms in total. The minimum Gasteiger partial charge on any atom is -0.370 e. The molecular formula is C10H14ClN5. The Morgan fingerprint density at radius 2 is 1.94 bits per heavy atom. The van der Waals surface area contributed by atoms with Gasteiger partial charge in [0.25, 0.3) is 0 Å². The monoisotopic (exact) mass is 239 g/mol. The number of benzene rings is 1. The van der Waals surface area contributed by atoms with Crippen molar-refractivity contribution in [3.05, 3.63) is 29.3 Å². The van der Waals surface area contributed by atoms with Gasteiger partial charge in [0.2, 0.25) is 5.96 Å². The normalized spacial score (nSPS) is 9.62. The second kappa shape index (κ2) is 5.37. The van der Waals surface area contributed by atoms with Gasteiger partial charge in [0.05, 0.1) is 0 Å². The lowest BCUT2D eigenvalue weighted by atomic mass is 10.3. The largest absolute Gasteiger partial charge is 0.370 e. The zero-order valence-corrected chi connectivity index (χ0v) is 9.67. The van der Waals surface area contributed by atoms with Crippen molar-refractivity contribution >= 4 is 29.2 Å². The van der Waals surface area contributed by atoms with Crippen molar-refractivity contribution in [1.29, 1.82) is 10.8 Å². The topological polar surface area (TPSA) is 89.0 Å². The summed E-state index contributed by atoms with van der Waals surface area (Å²) in [6.07, 6.45) is 0. The van der Waals surface area contributed by atoms with E-state index in [-0.39, 0.29) is 11.9 Å². The quantitative estimate of drug-likeness (QED) is 0.467. The number of hydrogen-bond acceptors (Lipinski definition) is 2. The molecule has 0 unspecified atom stereocenters. The molecule has 16 heavy (non-hydrogen) atoms. The summed E-state index contributed by atoms with van der Waals surface area (Å²) in [5.74, 6) is -0.185. The Kier molecular flexibility index (Phi) is 4.13. The fourth-order valence-electron chi connectivity index (χ4n) is 1.29. The maximum Gasteiger partial charge on any atom is 0.202 e. The SMILES string of the molecule is CCN(C(=N)NC(=N)N)c1ccc(Cl)cc1. The fourth-order valence-corrected chi connectivity index (χ4v) is 1.41. The van der Waals surface area contributed by atoms with Crippen LogP contribution in [0.5, 0.6) is 0 Å². The van der Waals surface area contributed by atoms with E-state index in [0.29, 0.717) is 11.6 Å². The zero-order chi connectivity index (χ0) is 12.1. The van der Waals surface area contributed by atoms with Gasteiger partial charge >= 0.3 is 0 Å². The molecule has 0 aromatic heterocycles. The van der Waals surface area contributed by atoms with Crippen LogP contribution < -0.4 is 16.0 Å². The lowest BCUT2D eigenvalue weighted by Gasteiger charge is -2.23.